The molecular formula is C13H14O4. The molecule has 0 heterocycles. The summed E-state index contributed by atoms with van der Waals surface area (Å²) in [6.45, 7) is 0. The van der Waals surface area contributed by atoms with Crippen molar-refractivity contribution in [1.82, 2.24) is 0 Å². The highest BCUT2D eigenvalue weighted by Crippen LogP contribution is 2.19. The van der Waals surface area contributed by atoms with Gasteiger partial charge in [-0.3, -0.25) is 4.79 Å². The lowest BCUT2D eigenvalue weighted by Gasteiger charge is -2.20. The number of benzene rings is 1. The normalized spacial score (nSPS) is 20.0. The van der Waals surface area contributed by atoms with Gasteiger partial charge < -0.3 is 9.84 Å². The molecule has 0 amide bonds. The molecule has 1 aliphatic carbocycles. The van der Waals surface area contributed by atoms with Crippen molar-refractivity contribution in [2.24, 2.45) is 0 Å². The van der Waals surface area contributed by atoms with Crippen LogP contribution in [0.5, 0.6) is 5.75 Å². The summed E-state index contributed by atoms with van der Waals surface area (Å²) in [5, 5.41) is 9.25. The number of carbonyl (C=O) groups excluding carboxylic acids is 2. The molecule has 17 heavy (non-hydrogen) atoms. The monoisotopic (exact) mass is 234 g/mol. The number of carbonyl (C=O) groups is 2. The Morgan fingerprint density at radius 3 is 2.88 bits per heavy atom. The van der Waals surface area contributed by atoms with E-state index in [4.69, 9.17) is 4.74 Å². The number of hydrogen-bond acceptors (Lipinski definition) is 4. The van der Waals surface area contributed by atoms with Crippen LogP contribution in [-0.4, -0.2) is 23.0 Å². The van der Waals surface area contributed by atoms with Crippen LogP contribution in [0.25, 0.3) is 0 Å². The molecule has 0 aliphatic heterocycles. The highest BCUT2D eigenvalue weighted by atomic mass is 16.5. The molecule has 1 atom stereocenters. The largest absolute Gasteiger partial charge is 0.508 e. The third-order valence-corrected chi connectivity index (χ3v) is 2.83. The molecule has 90 valence electrons. The van der Waals surface area contributed by atoms with Crippen molar-refractivity contribution >= 4 is 11.8 Å². The minimum atomic E-state index is -0.612. The van der Waals surface area contributed by atoms with Gasteiger partial charge in [-0.15, -0.1) is 0 Å². The van der Waals surface area contributed by atoms with Crippen molar-refractivity contribution in [3.8, 4) is 5.75 Å². The summed E-state index contributed by atoms with van der Waals surface area (Å²) in [6.07, 6.45) is 2.25. The lowest BCUT2D eigenvalue weighted by atomic mass is 9.96. The fraction of sp³-hybridized carbons (Fsp3) is 0.385. The van der Waals surface area contributed by atoms with E-state index in [9.17, 15) is 14.7 Å². The molecule has 0 unspecified atom stereocenters. The van der Waals surface area contributed by atoms with Gasteiger partial charge in [-0.1, -0.05) is 6.07 Å². The van der Waals surface area contributed by atoms with Crippen molar-refractivity contribution in [2.75, 3.05) is 0 Å². The second-order valence-corrected chi connectivity index (χ2v) is 4.16. The second kappa shape index (κ2) is 4.99. The standard InChI is InChI=1S/C13H14O4/c14-10-5-3-4-9(8-10)13(16)17-12-7-2-1-6-11(12)15/h3-5,8,12,14H,1-2,6-7H2/t12-/m0/s1. The molecule has 1 fully saturated rings. The Balaban J connectivity index is 2.03. The molecule has 0 radical (unpaired) electrons. The van der Waals surface area contributed by atoms with Crippen LogP contribution in [0.15, 0.2) is 24.3 Å². The molecule has 2 rings (SSSR count). The summed E-state index contributed by atoms with van der Waals surface area (Å²) in [5.41, 5.74) is 0.267. The molecule has 0 bridgehead atoms. The van der Waals surface area contributed by atoms with Crippen LogP contribution in [0.4, 0.5) is 0 Å². The quantitative estimate of drug-likeness (QED) is 0.795. The smallest absolute Gasteiger partial charge is 0.338 e. The Hall–Kier alpha value is -1.84. The van der Waals surface area contributed by atoms with Gasteiger partial charge in [-0.25, -0.2) is 4.79 Å². The minimum Gasteiger partial charge on any atom is -0.508 e. The lowest BCUT2D eigenvalue weighted by Crippen LogP contribution is -2.30. The second-order valence-electron chi connectivity index (χ2n) is 4.16. The Bertz CT molecular complexity index is 439. The van der Waals surface area contributed by atoms with Gasteiger partial charge in [0, 0.05) is 6.42 Å². The zero-order valence-electron chi connectivity index (χ0n) is 9.39. The number of phenolic OH excluding ortho intramolecular Hbond substituents is 1. The number of aromatic hydroxyl groups is 1. The molecule has 1 saturated carbocycles. The summed E-state index contributed by atoms with van der Waals surface area (Å²) in [4.78, 5) is 23.2. The number of hydrogen-bond donors (Lipinski definition) is 1. The number of ketones is 1. The van der Waals surface area contributed by atoms with Crippen LogP contribution in [0.3, 0.4) is 0 Å². The van der Waals surface area contributed by atoms with E-state index < -0.39 is 12.1 Å². The predicted octanol–water partition coefficient (Wildman–Crippen LogP) is 2.06. The van der Waals surface area contributed by atoms with Gasteiger partial charge in [0.05, 0.1) is 5.56 Å². The Morgan fingerprint density at radius 2 is 2.18 bits per heavy atom. The highest BCUT2D eigenvalue weighted by molar-refractivity contribution is 5.93. The minimum absolute atomic E-state index is 0.00872. The third-order valence-electron chi connectivity index (χ3n) is 2.83. The number of phenols is 1. The summed E-state index contributed by atoms with van der Waals surface area (Å²) >= 11 is 0. The zero-order valence-corrected chi connectivity index (χ0v) is 9.39. The average Bonchev–Trinajstić information content (AvgIpc) is 2.32. The van der Waals surface area contributed by atoms with E-state index in [1.165, 1.54) is 12.1 Å². The summed E-state index contributed by atoms with van der Waals surface area (Å²) in [5.74, 6) is -0.555. The molecule has 0 aromatic heterocycles. The van der Waals surface area contributed by atoms with Gasteiger partial charge in [-0.05, 0) is 37.5 Å². The van der Waals surface area contributed by atoms with Crippen LogP contribution in [0.1, 0.15) is 36.0 Å². The van der Waals surface area contributed by atoms with E-state index in [1.54, 1.807) is 12.1 Å². The molecule has 1 N–H and O–H groups in total. The molecule has 4 nitrogen and oxygen atoms in total. The van der Waals surface area contributed by atoms with E-state index in [2.05, 4.69) is 0 Å². The Kier molecular flexibility index (Phi) is 3.42. The number of Topliss-reactive ketones (excluding diaryl/α,β-unsaturated/α-hetero) is 1. The Labute approximate surface area is 99.2 Å². The molecule has 1 aromatic rings. The summed E-state index contributed by atoms with van der Waals surface area (Å²) in [7, 11) is 0. The van der Waals surface area contributed by atoms with Gasteiger partial charge in [-0.2, -0.15) is 0 Å². The fourth-order valence-electron chi connectivity index (χ4n) is 1.91. The van der Waals surface area contributed by atoms with Crippen LogP contribution in [0.2, 0.25) is 0 Å². The first-order valence-electron chi connectivity index (χ1n) is 5.69. The molecule has 0 spiro atoms. The topological polar surface area (TPSA) is 63.6 Å². The summed E-state index contributed by atoms with van der Waals surface area (Å²) in [6, 6.07) is 5.92. The van der Waals surface area contributed by atoms with Gasteiger partial charge in [0.2, 0.25) is 0 Å². The molecule has 1 aliphatic rings. The van der Waals surface area contributed by atoms with E-state index in [-0.39, 0.29) is 17.1 Å². The van der Waals surface area contributed by atoms with Crippen molar-refractivity contribution in [2.45, 2.75) is 31.8 Å². The summed E-state index contributed by atoms with van der Waals surface area (Å²) < 4.78 is 5.15. The van der Waals surface area contributed by atoms with E-state index in [1.807, 2.05) is 0 Å². The molecule has 4 heteroatoms. The van der Waals surface area contributed by atoms with E-state index >= 15 is 0 Å². The maximum atomic E-state index is 11.7. The predicted molar refractivity (Wildman–Crippen MR) is 60.8 cm³/mol. The SMILES string of the molecule is O=C(O[C@H]1CCCCC1=O)c1cccc(O)c1. The van der Waals surface area contributed by atoms with Gasteiger partial charge >= 0.3 is 5.97 Å². The number of rotatable bonds is 2. The van der Waals surface area contributed by atoms with Gasteiger partial charge in [0.25, 0.3) is 0 Å². The maximum Gasteiger partial charge on any atom is 0.338 e. The first-order chi connectivity index (χ1) is 8.16. The number of ether oxygens (including phenoxy) is 1. The van der Waals surface area contributed by atoms with Crippen molar-refractivity contribution < 1.29 is 19.4 Å². The Morgan fingerprint density at radius 1 is 1.35 bits per heavy atom. The molecular weight excluding hydrogens is 220 g/mol. The van der Waals surface area contributed by atoms with E-state index in [0.29, 0.717) is 12.8 Å². The first kappa shape index (κ1) is 11.6. The van der Waals surface area contributed by atoms with Crippen molar-refractivity contribution in [3.63, 3.8) is 0 Å². The van der Waals surface area contributed by atoms with Crippen molar-refractivity contribution in [1.29, 1.82) is 0 Å². The molecule has 0 saturated heterocycles. The van der Waals surface area contributed by atoms with Crippen LogP contribution >= 0.6 is 0 Å². The lowest BCUT2D eigenvalue weighted by molar-refractivity contribution is -0.129. The van der Waals surface area contributed by atoms with Gasteiger partial charge in [0.15, 0.2) is 11.9 Å². The van der Waals surface area contributed by atoms with Crippen molar-refractivity contribution in [3.05, 3.63) is 29.8 Å². The van der Waals surface area contributed by atoms with E-state index in [0.717, 1.165) is 12.8 Å². The van der Waals surface area contributed by atoms with Crippen LogP contribution in [-0.2, 0) is 9.53 Å². The first-order valence-corrected chi connectivity index (χ1v) is 5.69. The fourth-order valence-corrected chi connectivity index (χ4v) is 1.91. The number of esters is 1. The van der Waals surface area contributed by atoms with Crippen LogP contribution in [0, 0.1) is 0 Å². The van der Waals surface area contributed by atoms with Gasteiger partial charge in [0.1, 0.15) is 5.75 Å². The maximum absolute atomic E-state index is 11.7. The molecule has 1 aromatic carbocycles. The third kappa shape index (κ3) is 2.84. The van der Waals surface area contributed by atoms with Crippen LogP contribution < -0.4 is 0 Å². The highest BCUT2D eigenvalue weighted by Gasteiger charge is 2.26. The zero-order chi connectivity index (χ0) is 12.3. The average molecular weight is 234 g/mol.